The van der Waals surface area contributed by atoms with Gasteiger partial charge in [0.2, 0.25) is 10.0 Å². The van der Waals surface area contributed by atoms with Gasteiger partial charge in [0.1, 0.15) is 0 Å². The van der Waals surface area contributed by atoms with Crippen molar-refractivity contribution in [3.63, 3.8) is 0 Å². The Morgan fingerprint density at radius 3 is 2.25 bits per heavy atom. The first-order valence-corrected chi connectivity index (χ1v) is 14.4. The lowest BCUT2D eigenvalue weighted by Crippen LogP contribution is -2.36. The molecule has 0 bridgehead atoms. The summed E-state index contributed by atoms with van der Waals surface area (Å²) in [5.74, 6) is -0.227. The number of aromatic nitrogens is 1. The van der Waals surface area contributed by atoms with E-state index < -0.39 is 10.0 Å². The van der Waals surface area contributed by atoms with Crippen molar-refractivity contribution in [1.82, 2.24) is 14.2 Å². The van der Waals surface area contributed by atoms with Crippen LogP contribution in [0.5, 0.6) is 0 Å². The molecule has 0 aliphatic carbocycles. The third-order valence-electron chi connectivity index (χ3n) is 5.24. The van der Waals surface area contributed by atoms with Gasteiger partial charge >= 0.3 is 0 Å². The van der Waals surface area contributed by atoms with Crippen LogP contribution >= 0.6 is 35.5 Å². The van der Waals surface area contributed by atoms with Gasteiger partial charge in [0.05, 0.1) is 15.1 Å². The highest BCUT2D eigenvalue weighted by Crippen LogP contribution is 2.34. The van der Waals surface area contributed by atoms with Gasteiger partial charge in [0.15, 0.2) is 5.13 Å². The highest BCUT2D eigenvalue weighted by atomic mass is 35.5. The topological polar surface area (TPSA) is 73.8 Å². The Morgan fingerprint density at radius 1 is 1.06 bits per heavy atom. The summed E-state index contributed by atoms with van der Waals surface area (Å²) >= 11 is 3.09. The number of rotatable bonds is 12. The molecule has 0 atom stereocenters. The summed E-state index contributed by atoms with van der Waals surface area (Å²) in [6, 6.07) is 12.1. The van der Waals surface area contributed by atoms with Gasteiger partial charge in [0.25, 0.3) is 5.91 Å². The highest BCUT2D eigenvalue weighted by molar-refractivity contribution is 7.98. The minimum Gasteiger partial charge on any atom is -0.308 e. The van der Waals surface area contributed by atoms with E-state index >= 15 is 0 Å². The number of fused-ring (bicyclic) bond motifs is 1. The normalized spacial score (nSPS) is 11.5. The lowest BCUT2D eigenvalue weighted by molar-refractivity contribution is 0.0985. The molecule has 0 radical (unpaired) electrons. The molecule has 0 N–H and O–H groups in total. The van der Waals surface area contributed by atoms with Gasteiger partial charge in [-0.25, -0.2) is 13.4 Å². The van der Waals surface area contributed by atoms with Crippen LogP contribution in [0.4, 0.5) is 5.13 Å². The van der Waals surface area contributed by atoms with Crippen LogP contribution in [-0.2, 0) is 10.0 Å². The number of benzene rings is 2. The maximum Gasteiger partial charge on any atom is 0.260 e. The molecular weight excluding hydrogens is 536 g/mol. The number of thioether (sulfide) groups is 1. The number of likely N-dealkylation sites (N-methyl/N-ethyl adjacent to an activating group) is 1. The number of amides is 1. The molecule has 0 fully saturated rings. The molecule has 0 aliphatic rings. The van der Waals surface area contributed by atoms with E-state index in [1.54, 1.807) is 28.8 Å². The average Bonchev–Trinajstić information content (AvgIpc) is 3.28. The second kappa shape index (κ2) is 13.4. The maximum atomic E-state index is 13.6. The highest BCUT2D eigenvalue weighted by Gasteiger charge is 2.25. The van der Waals surface area contributed by atoms with Crippen LogP contribution in [0.1, 0.15) is 10.4 Å². The first-order valence-electron chi connectivity index (χ1n) is 10.9. The molecule has 3 aromatic rings. The van der Waals surface area contributed by atoms with Gasteiger partial charge in [-0.15, -0.1) is 37.3 Å². The van der Waals surface area contributed by atoms with Crippen LogP contribution < -0.4 is 4.90 Å². The smallest absolute Gasteiger partial charge is 0.260 e. The lowest BCUT2D eigenvalue weighted by Gasteiger charge is -2.22. The largest absolute Gasteiger partial charge is 0.308 e. The van der Waals surface area contributed by atoms with Gasteiger partial charge in [-0.3, -0.25) is 9.69 Å². The van der Waals surface area contributed by atoms with E-state index in [-0.39, 0.29) is 36.3 Å². The van der Waals surface area contributed by atoms with E-state index in [0.717, 1.165) is 15.1 Å². The number of sulfonamides is 1. The van der Waals surface area contributed by atoms with Crippen molar-refractivity contribution in [2.75, 3.05) is 51.4 Å². The predicted molar refractivity (Wildman–Crippen MR) is 154 cm³/mol. The van der Waals surface area contributed by atoms with Crippen molar-refractivity contribution >= 4 is 66.8 Å². The van der Waals surface area contributed by atoms with Gasteiger partial charge in [-0.1, -0.05) is 29.6 Å². The third-order valence-corrected chi connectivity index (χ3v) is 8.90. The average molecular weight is 567 g/mol. The Labute approximate surface area is 228 Å². The maximum absolute atomic E-state index is 13.6. The summed E-state index contributed by atoms with van der Waals surface area (Å²) in [6.07, 6.45) is 5.06. The zero-order valence-corrected chi connectivity index (χ0v) is 23.9. The molecule has 1 aromatic heterocycles. The van der Waals surface area contributed by atoms with Gasteiger partial charge in [-0.2, -0.15) is 4.31 Å². The molecular formula is C25H31ClN4O3S3. The fourth-order valence-corrected chi connectivity index (χ4v) is 6.44. The van der Waals surface area contributed by atoms with E-state index in [2.05, 4.69) is 13.2 Å². The third kappa shape index (κ3) is 6.76. The molecule has 7 nitrogen and oxygen atoms in total. The standard InChI is InChI=1S/C25H30N4O3S3.ClH/c1-6-15-28(16-7-2)35(31,32)20-13-11-19(12-14-20)24(30)29(18-17-27(3)4)25-26-23-21(33-5)9-8-10-22(23)34-25;/h6-14H,1-2,15-18H2,3-5H3;1H. The summed E-state index contributed by atoms with van der Waals surface area (Å²) in [5, 5.41) is 0.619. The zero-order chi connectivity index (χ0) is 25.6. The Morgan fingerprint density at radius 2 is 1.69 bits per heavy atom. The van der Waals surface area contributed by atoms with Crippen LogP contribution in [0.2, 0.25) is 0 Å². The number of anilines is 1. The number of para-hydroxylation sites is 1. The minimum absolute atomic E-state index is 0. The Hall–Kier alpha value is -2.21. The fourth-order valence-electron chi connectivity index (χ4n) is 3.41. The molecule has 0 aliphatic heterocycles. The second-order valence-electron chi connectivity index (χ2n) is 7.99. The lowest BCUT2D eigenvalue weighted by atomic mass is 10.2. The van der Waals surface area contributed by atoms with Crippen LogP contribution in [-0.4, -0.2) is 75.0 Å². The molecule has 2 aromatic carbocycles. The molecule has 0 spiro atoms. The van der Waals surface area contributed by atoms with Crippen LogP contribution in [0.15, 0.2) is 77.6 Å². The number of hydrogen-bond donors (Lipinski definition) is 0. The van der Waals surface area contributed by atoms with Crippen molar-refractivity contribution in [3.8, 4) is 0 Å². The SMILES string of the molecule is C=CCN(CC=C)S(=O)(=O)c1ccc(C(=O)N(CCN(C)C)c2nc3c(SC)cccc3s2)cc1.Cl. The number of nitrogens with zero attached hydrogens (tertiary/aromatic N) is 4. The minimum atomic E-state index is -3.74. The molecule has 3 rings (SSSR count). The number of hydrogen-bond acceptors (Lipinski definition) is 7. The summed E-state index contributed by atoms with van der Waals surface area (Å²) in [5.41, 5.74) is 1.28. The molecule has 0 saturated heterocycles. The fraction of sp³-hybridized carbons (Fsp3) is 0.280. The molecule has 11 heteroatoms. The first kappa shape index (κ1) is 30.0. The monoisotopic (exact) mass is 566 g/mol. The van der Waals surface area contributed by atoms with Crippen LogP contribution in [0, 0.1) is 0 Å². The second-order valence-corrected chi connectivity index (χ2v) is 11.8. The number of carbonyl (C=O) groups is 1. The molecule has 1 heterocycles. The van der Waals surface area contributed by atoms with Crippen molar-refractivity contribution in [3.05, 3.63) is 73.3 Å². The van der Waals surface area contributed by atoms with Crippen molar-refractivity contribution in [2.24, 2.45) is 0 Å². The van der Waals surface area contributed by atoms with Gasteiger partial charge in [-0.05, 0) is 56.7 Å². The van der Waals surface area contributed by atoms with Crippen LogP contribution in [0.3, 0.4) is 0 Å². The Balaban J connectivity index is 0.00000456. The summed E-state index contributed by atoms with van der Waals surface area (Å²) in [6.45, 7) is 8.71. The summed E-state index contributed by atoms with van der Waals surface area (Å²) in [7, 11) is 0.158. The quantitative estimate of drug-likeness (QED) is 0.227. The van der Waals surface area contributed by atoms with Crippen molar-refractivity contribution in [2.45, 2.75) is 9.79 Å². The van der Waals surface area contributed by atoms with Gasteiger partial charge < -0.3 is 4.90 Å². The van der Waals surface area contributed by atoms with E-state index in [9.17, 15) is 13.2 Å². The van der Waals surface area contributed by atoms with E-state index in [1.807, 2.05) is 43.5 Å². The van der Waals surface area contributed by atoms with Crippen LogP contribution in [0.25, 0.3) is 10.2 Å². The predicted octanol–water partition coefficient (Wildman–Crippen LogP) is 5.01. The summed E-state index contributed by atoms with van der Waals surface area (Å²) in [4.78, 5) is 23.2. The molecule has 36 heavy (non-hydrogen) atoms. The Bertz CT molecular complexity index is 1300. The number of halogens is 1. The zero-order valence-electron chi connectivity index (χ0n) is 20.6. The Kier molecular flexibility index (Phi) is 11.1. The van der Waals surface area contributed by atoms with Gasteiger partial charge in [0, 0.05) is 36.6 Å². The van der Waals surface area contributed by atoms with Crippen molar-refractivity contribution < 1.29 is 13.2 Å². The summed E-state index contributed by atoms with van der Waals surface area (Å²) < 4.78 is 28.3. The molecule has 1 amide bonds. The number of carbonyl (C=O) groups excluding carboxylic acids is 1. The van der Waals surface area contributed by atoms with Crippen molar-refractivity contribution in [1.29, 1.82) is 0 Å². The molecule has 194 valence electrons. The van der Waals surface area contributed by atoms with E-state index in [4.69, 9.17) is 4.98 Å². The molecule has 0 unspecified atom stereocenters. The van der Waals surface area contributed by atoms with E-state index in [0.29, 0.717) is 23.8 Å². The first-order chi connectivity index (χ1) is 16.7. The molecule has 0 saturated carbocycles. The van der Waals surface area contributed by atoms with E-state index in [1.165, 1.54) is 39.9 Å². The number of thiazole rings is 1.